The van der Waals surface area contributed by atoms with Crippen LogP contribution in [0.2, 0.25) is 0 Å². The van der Waals surface area contributed by atoms with Crippen molar-refractivity contribution in [3.05, 3.63) is 70.8 Å². The molecule has 24 heavy (non-hydrogen) atoms. The van der Waals surface area contributed by atoms with Crippen LogP contribution in [-0.4, -0.2) is 11.8 Å². The van der Waals surface area contributed by atoms with Crippen molar-refractivity contribution in [3.8, 4) is 0 Å². The second-order valence-corrected chi connectivity index (χ2v) is 5.97. The molecule has 0 saturated carbocycles. The summed E-state index contributed by atoms with van der Waals surface area (Å²) >= 11 is 1.63. The third kappa shape index (κ3) is 4.33. The van der Waals surface area contributed by atoms with Crippen LogP contribution in [0.3, 0.4) is 0 Å². The molecule has 3 rings (SSSR count). The fourth-order valence-electron chi connectivity index (χ4n) is 2.15. The molecule has 3 aromatic rings. The maximum absolute atomic E-state index is 11.9. The van der Waals surface area contributed by atoms with E-state index in [-0.39, 0.29) is 17.6 Å². The van der Waals surface area contributed by atoms with E-state index in [0.717, 1.165) is 6.42 Å². The van der Waals surface area contributed by atoms with Gasteiger partial charge in [0.1, 0.15) is 0 Å². The highest BCUT2D eigenvalue weighted by Gasteiger charge is 2.09. The number of thiophene rings is 1. The summed E-state index contributed by atoms with van der Waals surface area (Å²) < 4.78 is 5.03. The Morgan fingerprint density at radius 3 is 2.38 bits per heavy atom. The van der Waals surface area contributed by atoms with E-state index in [1.807, 2.05) is 16.8 Å². The molecule has 2 amide bonds. The Morgan fingerprint density at radius 2 is 1.75 bits per heavy atom. The average molecular weight is 340 g/mol. The van der Waals surface area contributed by atoms with Crippen molar-refractivity contribution in [3.63, 3.8) is 0 Å². The molecule has 0 unspecified atom stereocenters. The summed E-state index contributed by atoms with van der Waals surface area (Å²) in [6.45, 7) is 0. The number of amides is 2. The van der Waals surface area contributed by atoms with E-state index >= 15 is 0 Å². The molecule has 0 aliphatic carbocycles. The summed E-state index contributed by atoms with van der Waals surface area (Å²) in [5.74, 6) is -0.0954. The first-order valence-electron chi connectivity index (χ1n) is 7.46. The lowest BCUT2D eigenvalue weighted by atomic mass is 10.2. The number of aryl methyl sites for hydroxylation is 1. The van der Waals surface area contributed by atoms with Crippen LogP contribution < -0.4 is 10.6 Å². The van der Waals surface area contributed by atoms with Crippen molar-refractivity contribution >= 4 is 34.5 Å². The second-order valence-electron chi connectivity index (χ2n) is 5.19. The van der Waals surface area contributed by atoms with Crippen molar-refractivity contribution in [1.29, 1.82) is 0 Å². The van der Waals surface area contributed by atoms with Gasteiger partial charge in [0, 0.05) is 17.8 Å². The second kappa shape index (κ2) is 7.61. The summed E-state index contributed by atoms with van der Waals surface area (Å²) in [6.07, 6.45) is 2.62. The lowest BCUT2D eigenvalue weighted by molar-refractivity contribution is -0.116. The van der Waals surface area contributed by atoms with Crippen LogP contribution in [0.25, 0.3) is 0 Å². The molecule has 0 radical (unpaired) electrons. The Hall–Kier alpha value is -2.86. The molecule has 0 aliphatic heterocycles. The van der Waals surface area contributed by atoms with Gasteiger partial charge in [0.25, 0.3) is 5.91 Å². The molecule has 122 valence electrons. The van der Waals surface area contributed by atoms with Gasteiger partial charge < -0.3 is 15.1 Å². The third-order valence-electron chi connectivity index (χ3n) is 3.39. The number of furan rings is 1. The number of carbonyl (C=O) groups excluding carboxylic acids is 2. The predicted molar refractivity (Wildman–Crippen MR) is 94.4 cm³/mol. The van der Waals surface area contributed by atoms with E-state index in [0.29, 0.717) is 17.8 Å². The zero-order valence-electron chi connectivity index (χ0n) is 12.8. The predicted octanol–water partition coefficient (Wildman–Crippen LogP) is 4.16. The Bertz CT molecular complexity index is 793. The Kier molecular flexibility index (Phi) is 5.08. The van der Waals surface area contributed by atoms with Gasteiger partial charge in [-0.15, -0.1) is 0 Å². The van der Waals surface area contributed by atoms with E-state index in [9.17, 15) is 9.59 Å². The number of anilines is 2. The Balaban J connectivity index is 1.50. The largest absolute Gasteiger partial charge is 0.459 e. The lowest BCUT2D eigenvalue weighted by Gasteiger charge is -2.07. The van der Waals surface area contributed by atoms with E-state index in [1.54, 1.807) is 47.7 Å². The normalized spacial score (nSPS) is 10.3. The van der Waals surface area contributed by atoms with Gasteiger partial charge in [-0.25, -0.2) is 0 Å². The fourth-order valence-corrected chi connectivity index (χ4v) is 2.86. The van der Waals surface area contributed by atoms with Crippen LogP contribution in [0.4, 0.5) is 11.4 Å². The molecule has 2 aromatic heterocycles. The molecule has 5 nitrogen and oxygen atoms in total. The third-order valence-corrected chi connectivity index (χ3v) is 4.12. The van der Waals surface area contributed by atoms with E-state index < -0.39 is 0 Å². The maximum atomic E-state index is 11.9. The first kappa shape index (κ1) is 16.0. The smallest absolute Gasteiger partial charge is 0.291 e. The van der Waals surface area contributed by atoms with Crippen LogP contribution in [0.1, 0.15) is 22.5 Å². The van der Waals surface area contributed by atoms with Gasteiger partial charge in [-0.2, -0.15) is 11.3 Å². The molecule has 1 aromatic carbocycles. The first-order chi connectivity index (χ1) is 11.7. The molecule has 0 saturated heterocycles. The molecule has 6 heteroatoms. The average Bonchev–Trinajstić information content (AvgIpc) is 3.28. The van der Waals surface area contributed by atoms with Crippen LogP contribution in [-0.2, 0) is 11.2 Å². The zero-order chi connectivity index (χ0) is 16.8. The minimum absolute atomic E-state index is 0.0337. The standard InChI is InChI=1S/C18H16N2O3S/c21-17(8-3-13-9-11-24-12-13)19-14-4-6-15(7-5-14)20-18(22)16-2-1-10-23-16/h1-2,4-7,9-12H,3,8H2,(H,19,21)(H,20,22). The van der Waals surface area contributed by atoms with Crippen molar-refractivity contribution in [2.24, 2.45) is 0 Å². The first-order valence-corrected chi connectivity index (χ1v) is 8.41. The molecular weight excluding hydrogens is 324 g/mol. The summed E-state index contributed by atoms with van der Waals surface area (Å²) in [5.41, 5.74) is 2.50. The van der Waals surface area contributed by atoms with Crippen LogP contribution >= 0.6 is 11.3 Å². The molecule has 0 bridgehead atoms. The minimum Gasteiger partial charge on any atom is -0.459 e. The van der Waals surface area contributed by atoms with Gasteiger partial charge in [0.05, 0.1) is 6.26 Å². The Morgan fingerprint density at radius 1 is 1.00 bits per heavy atom. The van der Waals surface area contributed by atoms with E-state index in [4.69, 9.17) is 4.42 Å². The number of carbonyl (C=O) groups is 2. The van der Waals surface area contributed by atoms with Crippen molar-refractivity contribution < 1.29 is 14.0 Å². The lowest BCUT2D eigenvalue weighted by Crippen LogP contribution is -2.13. The van der Waals surface area contributed by atoms with Gasteiger partial charge in [0.15, 0.2) is 5.76 Å². The molecule has 0 atom stereocenters. The zero-order valence-corrected chi connectivity index (χ0v) is 13.6. The molecular formula is C18H16N2O3S. The van der Waals surface area contributed by atoms with Crippen LogP contribution in [0.5, 0.6) is 0 Å². The van der Waals surface area contributed by atoms with Gasteiger partial charge >= 0.3 is 0 Å². The topological polar surface area (TPSA) is 71.3 Å². The molecule has 0 fully saturated rings. The van der Waals surface area contributed by atoms with Crippen LogP contribution in [0.15, 0.2) is 63.9 Å². The van der Waals surface area contributed by atoms with Crippen molar-refractivity contribution in [2.45, 2.75) is 12.8 Å². The molecule has 0 spiro atoms. The quantitative estimate of drug-likeness (QED) is 0.707. The summed E-state index contributed by atoms with van der Waals surface area (Å²) in [7, 11) is 0. The van der Waals surface area contributed by atoms with Gasteiger partial charge in [-0.3, -0.25) is 9.59 Å². The van der Waals surface area contributed by atoms with Crippen LogP contribution in [0, 0.1) is 0 Å². The van der Waals surface area contributed by atoms with Crippen molar-refractivity contribution in [2.75, 3.05) is 10.6 Å². The summed E-state index contributed by atoms with van der Waals surface area (Å²) in [6, 6.07) is 12.2. The number of nitrogens with one attached hydrogen (secondary N) is 2. The van der Waals surface area contributed by atoms with E-state index in [2.05, 4.69) is 10.6 Å². The SMILES string of the molecule is O=C(CCc1ccsc1)Nc1ccc(NC(=O)c2ccco2)cc1. The molecule has 2 N–H and O–H groups in total. The maximum Gasteiger partial charge on any atom is 0.291 e. The van der Waals surface area contributed by atoms with Gasteiger partial charge in [-0.05, 0) is 65.2 Å². The summed E-state index contributed by atoms with van der Waals surface area (Å²) in [5, 5.41) is 9.62. The number of rotatable bonds is 6. The molecule has 2 heterocycles. The summed E-state index contributed by atoms with van der Waals surface area (Å²) in [4.78, 5) is 23.8. The van der Waals surface area contributed by atoms with Gasteiger partial charge in [0.2, 0.25) is 5.91 Å². The van der Waals surface area contributed by atoms with Crippen molar-refractivity contribution in [1.82, 2.24) is 0 Å². The molecule has 0 aliphatic rings. The number of benzene rings is 1. The monoisotopic (exact) mass is 340 g/mol. The minimum atomic E-state index is -0.312. The number of hydrogen-bond acceptors (Lipinski definition) is 4. The number of hydrogen-bond donors (Lipinski definition) is 2. The fraction of sp³-hybridized carbons (Fsp3) is 0.111. The highest BCUT2D eigenvalue weighted by Crippen LogP contribution is 2.16. The van der Waals surface area contributed by atoms with E-state index in [1.165, 1.54) is 11.8 Å². The van der Waals surface area contributed by atoms with Gasteiger partial charge in [-0.1, -0.05) is 0 Å². The highest BCUT2D eigenvalue weighted by atomic mass is 32.1. The Labute approximate surface area is 143 Å². The highest BCUT2D eigenvalue weighted by molar-refractivity contribution is 7.07.